The molecule has 1 aromatic carbocycles. The molecule has 0 saturated carbocycles. The fraction of sp³-hybridized carbons (Fsp3) is 0.429. The van der Waals surface area contributed by atoms with Gasteiger partial charge in [-0.2, -0.15) is 0 Å². The Morgan fingerprint density at radius 1 is 1.32 bits per heavy atom. The summed E-state index contributed by atoms with van der Waals surface area (Å²) < 4.78 is 0. The number of carbonyl (C=O) groups is 1. The van der Waals surface area contributed by atoms with Crippen molar-refractivity contribution < 1.29 is 4.79 Å². The van der Waals surface area contributed by atoms with Crippen molar-refractivity contribution in [2.75, 3.05) is 26.7 Å². The van der Waals surface area contributed by atoms with Crippen molar-refractivity contribution >= 4 is 11.6 Å². The number of aliphatic imine (C=N–C) groups is 1. The summed E-state index contributed by atoms with van der Waals surface area (Å²) >= 11 is 0. The zero-order valence-corrected chi connectivity index (χ0v) is 15.4. The van der Waals surface area contributed by atoms with Crippen LogP contribution in [0.4, 0.5) is 0 Å². The van der Waals surface area contributed by atoms with Crippen LogP contribution in [0.15, 0.2) is 59.2 Å². The van der Waals surface area contributed by atoms with Gasteiger partial charge in [-0.25, -0.2) is 0 Å². The number of carbonyl (C=O) groups excluding carboxylic acids is 1. The van der Waals surface area contributed by atoms with Gasteiger partial charge in [-0.1, -0.05) is 50.3 Å². The van der Waals surface area contributed by atoms with E-state index in [1.54, 1.807) is 6.08 Å². The van der Waals surface area contributed by atoms with Crippen LogP contribution in [0.1, 0.15) is 31.9 Å². The maximum absolute atomic E-state index is 13.2. The third-order valence-corrected chi connectivity index (χ3v) is 4.78. The normalized spacial score (nSPS) is 20.7. The van der Waals surface area contributed by atoms with E-state index in [2.05, 4.69) is 37.5 Å². The standard InChI is InChI=1S/C21H27N3O/c1-5-12-24-19(16-9-7-6-8-10-16)18-17(14-15(2)3)22-11-13-23(4)20(18)21(24)25/h5-10,15,19H,1,11-14H2,2-4H3. The van der Waals surface area contributed by atoms with Gasteiger partial charge in [0.1, 0.15) is 5.70 Å². The van der Waals surface area contributed by atoms with Crippen LogP contribution in [0.5, 0.6) is 0 Å². The highest BCUT2D eigenvalue weighted by molar-refractivity contribution is 6.12. The van der Waals surface area contributed by atoms with Crippen molar-refractivity contribution in [3.05, 3.63) is 59.8 Å². The lowest BCUT2D eigenvalue weighted by Crippen LogP contribution is -2.34. The highest BCUT2D eigenvalue weighted by Gasteiger charge is 2.43. The Morgan fingerprint density at radius 3 is 2.68 bits per heavy atom. The van der Waals surface area contributed by atoms with Crippen LogP contribution in [-0.2, 0) is 4.79 Å². The van der Waals surface area contributed by atoms with Crippen LogP contribution < -0.4 is 0 Å². The molecule has 25 heavy (non-hydrogen) atoms. The lowest BCUT2D eigenvalue weighted by Gasteiger charge is -2.27. The first-order chi connectivity index (χ1) is 12.0. The molecular formula is C21H27N3O. The number of hydrogen-bond acceptors (Lipinski definition) is 3. The highest BCUT2D eigenvalue weighted by Crippen LogP contribution is 2.41. The lowest BCUT2D eigenvalue weighted by molar-refractivity contribution is -0.127. The minimum Gasteiger partial charge on any atom is -0.368 e. The topological polar surface area (TPSA) is 35.9 Å². The Kier molecular flexibility index (Phi) is 5.07. The highest BCUT2D eigenvalue weighted by atomic mass is 16.2. The van der Waals surface area contributed by atoms with Crippen LogP contribution in [0.2, 0.25) is 0 Å². The average molecular weight is 337 g/mol. The second kappa shape index (κ2) is 7.26. The number of amides is 1. The Balaban J connectivity index is 2.17. The molecule has 0 radical (unpaired) electrons. The molecule has 0 saturated heterocycles. The van der Waals surface area contributed by atoms with Gasteiger partial charge in [0, 0.05) is 31.4 Å². The molecular weight excluding hydrogens is 310 g/mol. The number of likely N-dealkylation sites (N-methyl/N-ethyl adjacent to an activating group) is 1. The molecule has 132 valence electrons. The summed E-state index contributed by atoms with van der Waals surface area (Å²) in [6, 6.07) is 10.2. The monoisotopic (exact) mass is 337 g/mol. The van der Waals surface area contributed by atoms with E-state index in [0.29, 0.717) is 12.5 Å². The molecule has 1 aromatic rings. The van der Waals surface area contributed by atoms with E-state index in [4.69, 9.17) is 4.99 Å². The van der Waals surface area contributed by atoms with E-state index in [1.165, 1.54) is 0 Å². The number of hydrogen-bond donors (Lipinski definition) is 0. The molecule has 2 heterocycles. The van der Waals surface area contributed by atoms with E-state index in [1.807, 2.05) is 30.1 Å². The summed E-state index contributed by atoms with van der Waals surface area (Å²) in [6.45, 7) is 10.3. The van der Waals surface area contributed by atoms with Crippen LogP contribution in [-0.4, -0.2) is 48.1 Å². The predicted molar refractivity (Wildman–Crippen MR) is 103 cm³/mol. The number of nitrogens with zero attached hydrogens (tertiary/aromatic N) is 3. The van der Waals surface area contributed by atoms with Crippen LogP contribution in [0, 0.1) is 5.92 Å². The van der Waals surface area contributed by atoms with Gasteiger partial charge in [0.15, 0.2) is 0 Å². The SMILES string of the molecule is C=CCN1C(=O)C2=C(C(CC(C)C)=NCCN2C)C1c1ccccc1. The van der Waals surface area contributed by atoms with Gasteiger partial charge in [0.25, 0.3) is 5.91 Å². The molecule has 4 heteroatoms. The summed E-state index contributed by atoms with van der Waals surface area (Å²) in [5, 5.41) is 0. The fourth-order valence-corrected chi connectivity index (χ4v) is 3.72. The molecule has 3 rings (SSSR count). The number of benzene rings is 1. The molecule has 0 aliphatic carbocycles. The Hall–Kier alpha value is -2.36. The van der Waals surface area contributed by atoms with Gasteiger partial charge in [-0.05, 0) is 17.9 Å². The quantitative estimate of drug-likeness (QED) is 0.772. The van der Waals surface area contributed by atoms with Gasteiger partial charge in [0.05, 0.1) is 12.6 Å². The van der Waals surface area contributed by atoms with Crippen molar-refractivity contribution in [2.24, 2.45) is 10.9 Å². The minimum absolute atomic E-state index is 0.0836. The van der Waals surface area contributed by atoms with Crippen molar-refractivity contribution in [3.8, 4) is 0 Å². The van der Waals surface area contributed by atoms with Crippen LogP contribution in [0.25, 0.3) is 0 Å². The molecule has 1 atom stereocenters. The summed E-state index contributed by atoms with van der Waals surface area (Å²) in [6.07, 6.45) is 2.70. The van der Waals surface area contributed by atoms with Gasteiger partial charge in [0.2, 0.25) is 0 Å². The van der Waals surface area contributed by atoms with Crippen LogP contribution >= 0.6 is 0 Å². The van der Waals surface area contributed by atoms with Gasteiger partial charge < -0.3 is 9.80 Å². The second-order valence-electron chi connectivity index (χ2n) is 7.17. The fourth-order valence-electron chi connectivity index (χ4n) is 3.72. The summed E-state index contributed by atoms with van der Waals surface area (Å²) in [5.41, 5.74) is 4.12. The smallest absolute Gasteiger partial charge is 0.271 e. The molecule has 1 unspecified atom stereocenters. The molecule has 1 amide bonds. The third kappa shape index (κ3) is 3.26. The third-order valence-electron chi connectivity index (χ3n) is 4.78. The Morgan fingerprint density at radius 2 is 2.04 bits per heavy atom. The van der Waals surface area contributed by atoms with E-state index in [9.17, 15) is 4.79 Å². The van der Waals surface area contributed by atoms with Crippen molar-refractivity contribution in [2.45, 2.75) is 26.3 Å². The molecule has 2 aliphatic rings. The Labute approximate surface area is 150 Å². The van der Waals surface area contributed by atoms with Gasteiger partial charge in [-0.15, -0.1) is 6.58 Å². The number of rotatable bonds is 5. The summed E-state index contributed by atoms with van der Waals surface area (Å²) in [4.78, 5) is 22.1. The average Bonchev–Trinajstić information content (AvgIpc) is 2.77. The zero-order valence-electron chi connectivity index (χ0n) is 15.4. The minimum atomic E-state index is -0.0836. The molecule has 0 aromatic heterocycles. The van der Waals surface area contributed by atoms with E-state index >= 15 is 0 Å². The van der Waals surface area contributed by atoms with E-state index in [-0.39, 0.29) is 11.9 Å². The predicted octanol–water partition coefficient (Wildman–Crippen LogP) is 3.44. The maximum atomic E-state index is 13.2. The van der Waals surface area contributed by atoms with E-state index in [0.717, 1.165) is 42.1 Å². The summed E-state index contributed by atoms with van der Waals surface area (Å²) in [5.74, 6) is 0.584. The molecule has 0 fully saturated rings. The molecule has 0 spiro atoms. The first kappa shape index (κ1) is 17.5. The maximum Gasteiger partial charge on any atom is 0.271 e. The molecule has 0 N–H and O–H groups in total. The zero-order chi connectivity index (χ0) is 18.0. The van der Waals surface area contributed by atoms with Gasteiger partial charge in [-0.3, -0.25) is 9.79 Å². The molecule has 2 aliphatic heterocycles. The lowest BCUT2D eigenvalue weighted by atomic mass is 9.91. The largest absolute Gasteiger partial charge is 0.368 e. The summed E-state index contributed by atoms with van der Waals surface area (Å²) in [7, 11) is 2.00. The molecule has 0 bridgehead atoms. The van der Waals surface area contributed by atoms with Crippen molar-refractivity contribution in [1.82, 2.24) is 9.80 Å². The van der Waals surface area contributed by atoms with Crippen molar-refractivity contribution in [3.63, 3.8) is 0 Å². The Bertz CT molecular complexity index is 718. The van der Waals surface area contributed by atoms with Crippen LogP contribution in [0.3, 0.4) is 0 Å². The second-order valence-corrected chi connectivity index (χ2v) is 7.17. The first-order valence-electron chi connectivity index (χ1n) is 9.00. The van der Waals surface area contributed by atoms with E-state index < -0.39 is 0 Å². The van der Waals surface area contributed by atoms with Crippen molar-refractivity contribution in [1.29, 1.82) is 0 Å². The molecule has 4 nitrogen and oxygen atoms in total. The van der Waals surface area contributed by atoms with Gasteiger partial charge >= 0.3 is 0 Å². The first-order valence-corrected chi connectivity index (χ1v) is 9.00.